The van der Waals surface area contributed by atoms with Crippen LogP contribution in [0.1, 0.15) is 37.4 Å². The van der Waals surface area contributed by atoms with Gasteiger partial charge in [0.25, 0.3) is 0 Å². The van der Waals surface area contributed by atoms with Crippen LogP contribution in [0.5, 0.6) is 5.75 Å². The van der Waals surface area contributed by atoms with E-state index in [1.807, 2.05) is 6.92 Å². The molecule has 0 spiro atoms. The zero-order valence-corrected chi connectivity index (χ0v) is 14.2. The van der Waals surface area contributed by atoms with E-state index in [1.54, 1.807) is 36.4 Å². The van der Waals surface area contributed by atoms with Crippen LogP contribution in [-0.4, -0.2) is 19.9 Å². The SMILES string of the molecule is Cc1cc2c(cc1O[Si](C)(C)C)C(=O)c1ccccc1C2=O. The number of aryl methyl sites for hydroxylation is 1. The fourth-order valence-corrected chi connectivity index (χ4v) is 3.55. The van der Waals surface area contributed by atoms with Crippen molar-refractivity contribution in [1.82, 2.24) is 0 Å². The van der Waals surface area contributed by atoms with Crippen molar-refractivity contribution in [3.05, 3.63) is 64.2 Å². The van der Waals surface area contributed by atoms with E-state index < -0.39 is 8.32 Å². The standard InChI is InChI=1S/C18H18O3Si/c1-11-9-14-15(10-16(11)21-22(2,3)4)18(20)13-8-6-5-7-12(13)17(14)19/h5-10H,1-4H3. The normalized spacial score (nSPS) is 13.6. The highest BCUT2D eigenvalue weighted by Gasteiger charge is 2.31. The van der Waals surface area contributed by atoms with Crippen LogP contribution in [0.15, 0.2) is 36.4 Å². The van der Waals surface area contributed by atoms with E-state index in [4.69, 9.17) is 4.43 Å². The van der Waals surface area contributed by atoms with Crippen molar-refractivity contribution < 1.29 is 14.0 Å². The third kappa shape index (κ3) is 2.39. The van der Waals surface area contributed by atoms with E-state index in [9.17, 15) is 9.59 Å². The number of ketones is 2. The minimum atomic E-state index is -1.78. The molecule has 0 bridgehead atoms. The van der Waals surface area contributed by atoms with Gasteiger partial charge in [0, 0.05) is 22.3 Å². The highest BCUT2D eigenvalue weighted by Crippen LogP contribution is 2.32. The van der Waals surface area contributed by atoms with Gasteiger partial charge in [0.05, 0.1) is 0 Å². The number of carbonyl (C=O) groups excluding carboxylic acids is 2. The van der Waals surface area contributed by atoms with Gasteiger partial charge in [-0.05, 0) is 44.3 Å². The first kappa shape index (κ1) is 14.7. The maximum Gasteiger partial charge on any atom is 0.242 e. The Labute approximate surface area is 131 Å². The summed E-state index contributed by atoms with van der Waals surface area (Å²) in [4.78, 5) is 25.3. The minimum Gasteiger partial charge on any atom is -0.544 e. The summed E-state index contributed by atoms with van der Waals surface area (Å²) in [6.45, 7) is 8.19. The van der Waals surface area contributed by atoms with Gasteiger partial charge in [0.15, 0.2) is 11.6 Å². The van der Waals surface area contributed by atoms with Crippen LogP contribution in [0.2, 0.25) is 19.6 Å². The molecule has 0 atom stereocenters. The van der Waals surface area contributed by atoms with Crippen molar-refractivity contribution in [2.75, 3.05) is 0 Å². The van der Waals surface area contributed by atoms with Crippen LogP contribution < -0.4 is 4.43 Å². The van der Waals surface area contributed by atoms with Crippen molar-refractivity contribution in [2.45, 2.75) is 26.6 Å². The molecule has 0 heterocycles. The van der Waals surface area contributed by atoms with Crippen LogP contribution in [0.4, 0.5) is 0 Å². The molecule has 112 valence electrons. The van der Waals surface area contributed by atoms with Crippen LogP contribution in [0.3, 0.4) is 0 Å². The van der Waals surface area contributed by atoms with E-state index >= 15 is 0 Å². The first-order chi connectivity index (χ1) is 10.3. The second-order valence-corrected chi connectivity index (χ2v) is 11.0. The molecule has 0 saturated heterocycles. The molecule has 0 N–H and O–H groups in total. The first-order valence-corrected chi connectivity index (χ1v) is 10.7. The molecular weight excluding hydrogens is 292 g/mol. The molecule has 4 heteroatoms. The number of rotatable bonds is 2. The molecule has 0 saturated carbocycles. The van der Waals surface area contributed by atoms with E-state index in [0.717, 1.165) is 5.56 Å². The van der Waals surface area contributed by atoms with Gasteiger partial charge in [-0.1, -0.05) is 24.3 Å². The molecule has 0 fully saturated rings. The second-order valence-electron chi connectivity index (χ2n) is 6.58. The number of hydrogen-bond acceptors (Lipinski definition) is 3. The predicted molar refractivity (Wildman–Crippen MR) is 88.5 cm³/mol. The van der Waals surface area contributed by atoms with Gasteiger partial charge in [-0.2, -0.15) is 0 Å². The lowest BCUT2D eigenvalue weighted by Crippen LogP contribution is -2.30. The molecule has 1 aliphatic carbocycles. The molecule has 0 amide bonds. The van der Waals surface area contributed by atoms with Gasteiger partial charge in [-0.15, -0.1) is 0 Å². The Morgan fingerprint density at radius 1 is 0.818 bits per heavy atom. The van der Waals surface area contributed by atoms with Gasteiger partial charge >= 0.3 is 0 Å². The lowest BCUT2D eigenvalue weighted by Gasteiger charge is -2.24. The Hall–Kier alpha value is -2.20. The van der Waals surface area contributed by atoms with Crippen molar-refractivity contribution in [3.63, 3.8) is 0 Å². The number of fused-ring (bicyclic) bond motifs is 2. The summed E-state index contributed by atoms with van der Waals surface area (Å²) in [5.74, 6) is 0.511. The first-order valence-electron chi connectivity index (χ1n) is 7.30. The average molecular weight is 310 g/mol. The van der Waals surface area contributed by atoms with Crippen molar-refractivity contribution in [2.24, 2.45) is 0 Å². The van der Waals surface area contributed by atoms with Gasteiger partial charge < -0.3 is 4.43 Å². The van der Waals surface area contributed by atoms with Crippen molar-refractivity contribution in [3.8, 4) is 5.75 Å². The quantitative estimate of drug-likeness (QED) is 0.672. The molecule has 0 aromatic heterocycles. The summed E-state index contributed by atoms with van der Waals surface area (Å²) >= 11 is 0. The summed E-state index contributed by atoms with van der Waals surface area (Å²) in [6.07, 6.45) is 0. The molecule has 0 radical (unpaired) electrons. The lowest BCUT2D eigenvalue weighted by molar-refractivity contribution is 0.0979. The van der Waals surface area contributed by atoms with Crippen LogP contribution in [0.25, 0.3) is 0 Å². The molecule has 1 aliphatic rings. The largest absolute Gasteiger partial charge is 0.544 e. The second kappa shape index (κ2) is 4.92. The van der Waals surface area contributed by atoms with Crippen molar-refractivity contribution in [1.29, 1.82) is 0 Å². The molecular formula is C18H18O3Si. The average Bonchev–Trinajstić information content (AvgIpc) is 2.45. The fourth-order valence-electron chi connectivity index (χ4n) is 2.67. The monoisotopic (exact) mass is 310 g/mol. The van der Waals surface area contributed by atoms with Gasteiger partial charge in [-0.25, -0.2) is 0 Å². The van der Waals surface area contributed by atoms with E-state index in [1.165, 1.54) is 0 Å². The number of hydrogen-bond donors (Lipinski definition) is 0. The topological polar surface area (TPSA) is 43.4 Å². The smallest absolute Gasteiger partial charge is 0.242 e. The predicted octanol–water partition coefficient (Wildman–Crippen LogP) is 3.98. The van der Waals surface area contributed by atoms with Gasteiger partial charge in [0.2, 0.25) is 8.32 Å². The Morgan fingerprint density at radius 2 is 1.32 bits per heavy atom. The fraction of sp³-hybridized carbons (Fsp3) is 0.222. The molecule has 2 aromatic rings. The van der Waals surface area contributed by atoms with Crippen LogP contribution in [0, 0.1) is 6.92 Å². The van der Waals surface area contributed by atoms with Gasteiger partial charge in [-0.3, -0.25) is 9.59 Å². The summed E-state index contributed by atoms with van der Waals surface area (Å²) in [5, 5.41) is 0. The molecule has 0 unspecified atom stereocenters. The molecule has 2 aromatic carbocycles. The maximum absolute atomic E-state index is 12.7. The van der Waals surface area contributed by atoms with E-state index in [0.29, 0.717) is 28.0 Å². The van der Waals surface area contributed by atoms with Crippen LogP contribution >= 0.6 is 0 Å². The van der Waals surface area contributed by atoms with Crippen LogP contribution in [-0.2, 0) is 0 Å². The highest BCUT2D eigenvalue weighted by molar-refractivity contribution is 6.70. The minimum absolute atomic E-state index is 0.0900. The Bertz CT molecular complexity index is 800. The molecule has 3 nitrogen and oxygen atoms in total. The lowest BCUT2D eigenvalue weighted by atomic mass is 9.83. The maximum atomic E-state index is 12.7. The molecule has 22 heavy (non-hydrogen) atoms. The summed E-state index contributed by atoms with van der Waals surface area (Å²) in [6, 6.07) is 10.5. The third-order valence-corrected chi connectivity index (χ3v) is 4.47. The molecule has 3 rings (SSSR count). The zero-order chi connectivity index (χ0) is 16.1. The zero-order valence-electron chi connectivity index (χ0n) is 13.2. The highest BCUT2D eigenvalue weighted by atomic mass is 28.4. The van der Waals surface area contributed by atoms with E-state index in [-0.39, 0.29) is 11.6 Å². The van der Waals surface area contributed by atoms with Crippen molar-refractivity contribution >= 4 is 19.9 Å². The van der Waals surface area contributed by atoms with Gasteiger partial charge in [0.1, 0.15) is 5.75 Å². The number of benzene rings is 2. The number of carbonyl (C=O) groups is 2. The molecule has 0 aliphatic heterocycles. The third-order valence-electron chi connectivity index (χ3n) is 3.64. The Kier molecular flexibility index (Phi) is 3.29. The summed E-state index contributed by atoms with van der Waals surface area (Å²) in [7, 11) is -1.78. The van der Waals surface area contributed by atoms with E-state index in [2.05, 4.69) is 19.6 Å². The Morgan fingerprint density at radius 3 is 1.82 bits per heavy atom. The Balaban J connectivity index is 2.17. The summed E-state index contributed by atoms with van der Waals surface area (Å²) < 4.78 is 6.05. The summed E-state index contributed by atoms with van der Waals surface area (Å²) in [5.41, 5.74) is 2.77.